The van der Waals surface area contributed by atoms with Gasteiger partial charge in [0.25, 0.3) is 0 Å². The summed E-state index contributed by atoms with van der Waals surface area (Å²) in [6.45, 7) is 2.32. The molecule has 0 amide bonds. The molecule has 2 bridgehead atoms. The van der Waals surface area contributed by atoms with E-state index in [2.05, 4.69) is 6.92 Å². The Labute approximate surface area is 86.0 Å². The number of methoxy groups -OCH3 is 1. The number of hydrogen-bond donors (Lipinski definition) is 0. The Hall–Kier alpha value is -0.530. The van der Waals surface area contributed by atoms with Crippen LogP contribution in [0.25, 0.3) is 0 Å². The van der Waals surface area contributed by atoms with Crippen LogP contribution in [0.4, 0.5) is 0 Å². The fourth-order valence-electron chi connectivity index (χ4n) is 3.48. The number of hydrogen-bond acceptors (Lipinski definition) is 2. The maximum absolute atomic E-state index is 11.6. The largest absolute Gasteiger partial charge is 0.469 e. The molecule has 2 rings (SSSR count). The van der Waals surface area contributed by atoms with Gasteiger partial charge < -0.3 is 4.74 Å². The first-order chi connectivity index (χ1) is 6.70. The monoisotopic (exact) mass is 196 g/mol. The molecule has 14 heavy (non-hydrogen) atoms. The highest BCUT2D eigenvalue weighted by Crippen LogP contribution is 2.45. The van der Waals surface area contributed by atoms with Crippen LogP contribution in [-0.4, -0.2) is 13.1 Å². The zero-order chi connectivity index (χ0) is 10.1. The van der Waals surface area contributed by atoms with Crippen molar-refractivity contribution in [2.24, 2.45) is 23.7 Å². The summed E-state index contributed by atoms with van der Waals surface area (Å²) in [4.78, 5) is 11.6. The molecule has 0 aromatic rings. The molecular formula is C12H20O2. The molecule has 0 N–H and O–H groups in total. The molecule has 0 aromatic carbocycles. The van der Waals surface area contributed by atoms with Crippen LogP contribution in [0.3, 0.4) is 0 Å². The van der Waals surface area contributed by atoms with Crippen LogP contribution in [0.15, 0.2) is 0 Å². The molecule has 2 saturated carbocycles. The predicted molar refractivity (Wildman–Crippen MR) is 54.7 cm³/mol. The van der Waals surface area contributed by atoms with E-state index in [1.54, 1.807) is 0 Å². The van der Waals surface area contributed by atoms with Gasteiger partial charge in [-0.3, -0.25) is 4.79 Å². The minimum atomic E-state index is 0.0301. The Morgan fingerprint density at radius 1 is 1.21 bits per heavy atom. The average Bonchev–Trinajstić information content (AvgIpc) is 2.16. The molecule has 0 aliphatic heterocycles. The van der Waals surface area contributed by atoms with Crippen molar-refractivity contribution < 1.29 is 9.53 Å². The van der Waals surface area contributed by atoms with Crippen LogP contribution in [0.5, 0.6) is 0 Å². The maximum Gasteiger partial charge on any atom is 0.308 e. The van der Waals surface area contributed by atoms with E-state index >= 15 is 0 Å². The fraction of sp³-hybridized carbons (Fsp3) is 0.917. The van der Waals surface area contributed by atoms with Crippen molar-refractivity contribution in [1.82, 2.24) is 0 Å². The van der Waals surface area contributed by atoms with E-state index in [0.29, 0.717) is 5.92 Å². The van der Waals surface area contributed by atoms with Crippen molar-refractivity contribution in [2.75, 3.05) is 7.11 Å². The molecule has 4 atom stereocenters. The van der Waals surface area contributed by atoms with Crippen molar-refractivity contribution in [3.05, 3.63) is 0 Å². The summed E-state index contributed by atoms with van der Waals surface area (Å²) in [6.07, 6.45) is 6.18. The molecule has 2 heteroatoms. The Morgan fingerprint density at radius 2 is 2.00 bits per heavy atom. The summed E-state index contributed by atoms with van der Waals surface area (Å²) in [5.74, 6) is 2.56. The minimum Gasteiger partial charge on any atom is -0.469 e. The van der Waals surface area contributed by atoms with Crippen LogP contribution in [0, 0.1) is 23.7 Å². The first-order valence-electron chi connectivity index (χ1n) is 5.78. The summed E-state index contributed by atoms with van der Waals surface area (Å²) in [5.41, 5.74) is 0. The molecule has 2 fully saturated rings. The minimum absolute atomic E-state index is 0.0301. The van der Waals surface area contributed by atoms with Crippen LogP contribution < -0.4 is 0 Å². The highest BCUT2D eigenvalue weighted by molar-refractivity contribution is 5.72. The third kappa shape index (κ3) is 1.79. The van der Waals surface area contributed by atoms with E-state index in [-0.39, 0.29) is 11.9 Å². The number of fused-ring (bicyclic) bond motifs is 2. The first kappa shape index (κ1) is 10.0. The van der Waals surface area contributed by atoms with Crippen molar-refractivity contribution >= 4 is 5.97 Å². The van der Waals surface area contributed by atoms with Gasteiger partial charge in [-0.05, 0) is 49.9 Å². The summed E-state index contributed by atoms with van der Waals surface area (Å²) in [5, 5.41) is 0. The van der Waals surface area contributed by atoms with Gasteiger partial charge in [0.05, 0.1) is 13.0 Å². The van der Waals surface area contributed by atoms with Gasteiger partial charge in [-0.25, -0.2) is 0 Å². The second kappa shape index (κ2) is 3.92. The molecule has 0 spiro atoms. The lowest BCUT2D eigenvalue weighted by molar-refractivity contribution is -0.150. The molecule has 0 aromatic heterocycles. The Balaban J connectivity index is 2.04. The second-order valence-electron chi connectivity index (χ2n) is 5.15. The zero-order valence-corrected chi connectivity index (χ0v) is 9.16. The normalized spacial score (nSPS) is 41.9. The zero-order valence-electron chi connectivity index (χ0n) is 9.16. The summed E-state index contributed by atoms with van der Waals surface area (Å²) in [7, 11) is 1.51. The fourth-order valence-corrected chi connectivity index (χ4v) is 3.48. The van der Waals surface area contributed by atoms with Gasteiger partial charge in [-0.15, -0.1) is 0 Å². The van der Waals surface area contributed by atoms with Gasteiger partial charge in [-0.2, -0.15) is 0 Å². The van der Waals surface area contributed by atoms with Crippen molar-refractivity contribution in [2.45, 2.75) is 39.0 Å². The predicted octanol–water partition coefficient (Wildman–Crippen LogP) is 2.62. The molecule has 0 heterocycles. The number of carbonyl (C=O) groups excluding carboxylic acids is 1. The Bertz CT molecular complexity index is 222. The quantitative estimate of drug-likeness (QED) is 0.603. The van der Waals surface area contributed by atoms with Gasteiger partial charge >= 0.3 is 5.97 Å². The smallest absolute Gasteiger partial charge is 0.308 e. The highest BCUT2D eigenvalue weighted by Gasteiger charge is 2.39. The van der Waals surface area contributed by atoms with Gasteiger partial charge in [0.15, 0.2) is 0 Å². The lowest BCUT2D eigenvalue weighted by Crippen LogP contribution is -2.36. The summed E-state index contributed by atoms with van der Waals surface area (Å²) < 4.78 is 4.88. The van der Waals surface area contributed by atoms with Crippen molar-refractivity contribution in [1.29, 1.82) is 0 Å². The number of ether oxygens (including phenoxy) is 1. The number of esters is 1. The lowest BCUT2D eigenvalue weighted by Gasteiger charge is -2.41. The van der Waals surface area contributed by atoms with Crippen LogP contribution in [0.1, 0.15) is 39.0 Å². The van der Waals surface area contributed by atoms with E-state index in [0.717, 1.165) is 18.3 Å². The topological polar surface area (TPSA) is 26.3 Å². The Kier molecular flexibility index (Phi) is 2.80. The SMILES string of the molecule is COC(=O)C1CCC2CC(C)CC1C2. The first-order valence-corrected chi connectivity index (χ1v) is 5.78. The Morgan fingerprint density at radius 3 is 2.71 bits per heavy atom. The third-order valence-electron chi connectivity index (χ3n) is 4.04. The molecule has 80 valence electrons. The molecule has 2 aliphatic rings. The molecule has 2 aliphatic carbocycles. The van der Waals surface area contributed by atoms with Gasteiger partial charge in [0.2, 0.25) is 0 Å². The van der Waals surface area contributed by atoms with Gasteiger partial charge in [-0.1, -0.05) is 6.92 Å². The van der Waals surface area contributed by atoms with Gasteiger partial charge in [0.1, 0.15) is 0 Å². The maximum atomic E-state index is 11.6. The summed E-state index contributed by atoms with van der Waals surface area (Å²) in [6, 6.07) is 0. The van der Waals surface area contributed by atoms with E-state index in [1.165, 1.54) is 32.8 Å². The van der Waals surface area contributed by atoms with E-state index in [4.69, 9.17) is 4.74 Å². The average molecular weight is 196 g/mol. The van der Waals surface area contributed by atoms with E-state index in [9.17, 15) is 4.79 Å². The molecule has 0 radical (unpaired) electrons. The van der Waals surface area contributed by atoms with Gasteiger partial charge in [0, 0.05) is 0 Å². The van der Waals surface area contributed by atoms with Crippen LogP contribution >= 0.6 is 0 Å². The number of rotatable bonds is 1. The van der Waals surface area contributed by atoms with Crippen molar-refractivity contribution in [3.8, 4) is 0 Å². The lowest BCUT2D eigenvalue weighted by atomic mass is 9.64. The van der Waals surface area contributed by atoms with Crippen LogP contribution in [-0.2, 0) is 9.53 Å². The third-order valence-corrected chi connectivity index (χ3v) is 4.04. The molecule has 4 unspecified atom stereocenters. The summed E-state index contributed by atoms with van der Waals surface area (Å²) >= 11 is 0. The van der Waals surface area contributed by atoms with E-state index in [1.807, 2.05) is 0 Å². The molecule has 0 saturated heterocycles. The molecule has 2 nitrogen and oxygen atoms in total. The van der Waals surface area contributed by atoms with Crippen LogP contribution in [0.2, 0.25) is 0 Å². The number of carbonyl (C=O) groups is 1. The second-order valence-corrected chi connectivity index (χ2v) is 5.15. The van der Waals surface area contributed by atoms with Crippen molar-refractivity contribution in [3.63, 3.8) is 0 Å². The molecular weight excluding hydrogens is 176 g/mol. The van der Waals surface area contributed by atoms with E-state index < -0.39 is 0 Å². The highest BCUT2D eigenvalue weighted by atomic mass is 16.5. The standard InChI is InChI=1S/C12H20O2/c1-8-5-9-3-4-11(12(13)14-2)10(6-8)7-9/h8-11H,3-7H2,1-2H3.